The molecule has 5 nitrogen and oxygen atoms in total. The molecule has 5 heteroatoms. The van der Waals surface area contributed by atoms with Crippen molar-refractivity contribution in [3.63, 3.8) is 0 Å². The van der Waals surface area contributed by atoms with Gasteiger partial charge < -0.3 is 10.2 Å². The molecule has 20 heavy (non-hydrogen) atoms. The molecule has 1 atom stereocenters. The van der Waals surface area contributed by atoms with E-state index < -0.39 is 28.7 Å². The number of ketones is 1. The lowest BCUT2D eigenvalue weighted by Gasteiger charge is -2.26. The van der Waals surface area contributed by atoms with E-state index in [-0.39, 0.29) is 6.42 Å². The highest BCUT2D eigenvalue weighted by molar-refractivity contribution is 6.26. The number of carboxylic acids is 2. The highest BCUT2D eigenvalue weighted by Crippen LogP contribution is 2.32. The molecule has 0 saturated heterocycles. The number of benzene rings is 1. The fraction of sp³-hybridized carbons (Fsp3) is 0.133. The third kappa shape index (κ3) is 2.25. The number of hydrogen-bond acceptors (Lipinski definition) is 3. The van der Waals surface area contributed by atoms with Gasteiger partial charge in [-0.05, 0) is 18.1 Å². The number of hydrogen-bond donors (Lipinski definition) is 2. The Bertz CT molecular complexity index is 627. The second-order valence-corrected chi connectivity index (χ2v) is 4.51. The van der Waals surface area contributed by atoms with Gasteiger partial charge in [0, 0.05) is 0 Å². The molecule has 0 heterocycles. The van der Waals surface area contributed by atoms with E-state index in [0.717, 1.165) is 6.08 Å². The molecule has 1 aromatic rings. The molecular formula is C15H12O5. The van der Waals surface area contributed by atoms with Crippen molar-refractivity contribution in [2.45, 2.75) is 6.42 Å². The summed E-state index contributed by atoms with van der Waals surface area (Å²) in [7, 11) is 0. The Morgan fingerprint density at radius 3 is 2.30 bits per heavy atom. The molecular weight excluding hydrogens is 260 g/mol. The fourth-order valence-electron chi connectivity index (χ4n) is 2.17. The summed E-state index contributed by atoms with van der Waals surface area (Å²) >= 11 is 0. The van der Waals surface area contributed by atoms with Gasteiger partial charge in [-0.1, -0.05) is 42.5 Å². The smallest absolute Gasteiger partial charge is 0.339 e. The Morgan fingerprint density at radius 1 is 1.10 bits per heavy atom. The van der Waals surface area contributed by atoms with Gasteiger partial charge in [0.15, 0.2) is 11.2 Å². The van der Waals surface area contributed by atoms with Crippen LogP contribution in [0.3, 0.4) is 0 Å². The third-order valence-electron chi connectivity index (χ3n) is 3.23. The summed E-state index contributed by atoms with van der Waals surface area (Å²) in [5.74, 6) is -3.67. The van der Waals surface area contributed by atoms with Gasteiger partial charge in [0.2, 0.25) is 0 Å². The first kappa shape index (κ1) is 13.7. The van der Waals surface area contributed by atoms with Gasteiger partial charge in [-0.15, -0.1) is 0 Å². The molecule has 2 N–H and O–H groups in total. The van der Waals surface area contributed by atoms with Gasteiger partial charge in [0.25, 0.3) is 0 Å². The lowest BCUT2D eigenvalue weighted by atomic mass is 9.73. The van der Waals surface area contributed by atoms with Crippen LogP contribution in [0.2, 0.25) is 0 Å². The molecule has 1 aliphatic rings. The zero-order chi connectivity index (χ0) is 14.8. The molecule has 102 valence electrons. The molecule has 2 rings (SSSR count). The second kappa shape index (κ2) is 5.13. The topological polar surface area (TPSA) is 91.7 Å². The van der Waals surface area contributed by atoms with Crippen LogP contribution >= 0.6 is 0 Å². The first-order valence-electron chi connectivity index (χ1n) is 5.92. The monoisotopic (exact) mass is 272 g/mol. The maximum absolute atomic E-state index is 12.3. The summed E-state index contributed by atoms with van der Waals surface area (Å²) in [6, 6.07) is 8.64. The molecule has 0 fully saturated rings. The largest absolute Gasteiger partial charge is 0.480 e. The number of carbonyl (C=O) groups excluding carboxylic acids is 1. The first-order valence-corrected chi connectivity index (χ1v) is 5.92. The fourth-order valence-corrected chi connectivity index (χ4v) is 2.17. The van der Waals surface area contributed by atoms with E-state index in [2.05, 4.69) is 0 Å². The van der Waals surface area contributed by atoms with Crippen LogP contribution < -0.4 is 0 Å². The predicted molar refractivity (Wildman–Crippen MR) is 70.1 cm³/mol. The summed E-state index contributed by atoms with van der Waals surface area (Å²) in [6.45, 7) is 0. The number of allylic oxidation sites excluding steroid dienone is 2. The molecule has 0 spiro atoms. The van der Waals surface area contributed by atoms with Crippen LogP contribution in [0.4, 0.5) is 0 Å². The lowest BCUT2D eigenvalue weighted by Crippen LogP contribution is -2.43. The standard InChI is InChI=1S/C15H12O5/c16-12-11(13(17)18)7-4-8-15(12,14(19)20)9-10-5-2-1-3-6-10/h1-8H,9H2,(H,17,18)(H,19,20). The number of rotatable bonds is 4. The summed E-state index contributed by atoms with van der Waals surface area (Å²) in [6.07, 6.45) is 3.60. The highest BCUT2D eigenvalue weighted by atomic mass is 16.4. The highest BCUT2D eigenvalue weighted by Gasteiger charge is 2.47. The number of Topliss-reactive ketones (excluding diaryl/α,β-unsaturated/α-hetero) is 1. The van der Waals surface area contributed by atoms with Crippen LogP contribution in [0.1, 0.15) is 5.56 Å². The first-order chi connectivity index (χ1) is 9.47. The Labute approximate surface area is 114 Å². The van der Waals surface area contributed by atoms with E-state index in [1.165, 1.54) is 12.2 Å². The predicted octanol–water partition coefficient (Wildman–Crippen LogP) is 1.45. The van der Waals surface area contributed by atoms with Crippen molar-refractivity contribution in [1.82, 2.24) is 0 Å². The molecule has 0 saturated carbocycles. The van der Waals surface area contributed by atoms with E-state index in [4.69, 9.17) is 5.11 Å². The van der Waals surface area contributed by atoms with E-state index in [9.17, 15) is 19.5 Å². The minimum atomic E-state index is -1.86. The van der Waals surface area contributed by atoms with Gasteiger partial charge in [-0.2, -0.15) is 0 Å². The number of carbonyl (C=O) groups is 3. The van der Waals surface area contributed by atoms with Crippen LogP contribution in [0.15, 0.2) is 54.1 Å². The maximum atomic E-state index is 12.3. The Hall–Kier alpha value is -2.69. The minimum absolute atomic E-state index is 0.0802. The molecule has 0 aliphatic heterocycles. The van der Waals surface area contributed by atoms with E-state index in [1.54, 1.807) is 30.3 Å². The van der Waals surface area contributed by atoms with Crippen molar-refractivity contribution in [2.75, 3.05) is 0 Å². The van der Waals surface area contributed by atoms with Crippen molar-refractivity contribution in [3.8, 4) is 0 Å². The average Bonchev–Trinajstić information content (AvgIpc) is 2.41. The van der Waals surface area contributed by atoms with Crippen LogP contribution in [0.5, 0.6) is 0 Å². The van der Waals surface area contributed by atoms with Crippen molar-refractivity contribution in [1.29, 1.82) is 0 Å². The van der Waals surface area contributed by atoms with Gasteiger partial charge in [0.1, 0.15) is 5.57 Å². The molecule has 0 aromatic heterocycles. The molecule has 0 radical (unpaired) electrons. The van der Waals surface area contributed by atoms with Crippen LogP contribution in [0.25, 0.3) is 0 Å². The van der Waals surface area contributed by atoms with E-state index >= 15 is 0 Å². The SMILES string of the molecule is O=C(O)C1=CC=CC(Cc2ccccc2)(C(=O)O)C1=O. The second-order valence-electron chi connectivity index (χ2n) is 4.51. The molecule has 0 amide bonds. The summed E-state index contributed by atoms with van der Waals surface area (Å²) in [4.78, 5) is 34.8. The summed E-state index contributed by atoms with van der Waals surface area (Å²) in [5, 5.41) is 18.4. The number of aliphatic carboxylic acids is 2. The normalized spacial score (nSPS) is 21.4. The van der Waals surface area contributed by atoms with Gasteiger partial charge in [0.05, 0.1) is 0 Å². The third-order valence-corrected chi connectivity index (χ3v) is 3.23. The van der Waals surface area contributed by atoms with E-state index in [0.29, 0.717) is 5.56 Å². The Kier molecular flexibility index (Phi) is 3.52. The summed E-state index contributed by atoms with van der Waals surface area (Å²) in [5.41, 5.74) is -1.71. The van der Waals surface area contributed by atoms with Crippen molar-refractivity contribution in [2.24, 2.45) is 5.41 Å². The Balaban J connectivity index is 2.45. The molecule has 1 aliphatic carbocycles. The zero-order valence-corrected chi connectivity index (χ0v) is 10.4. The van der Waals surface area contributed by atoms with Crippen LogP contribution in [-0.4, -0.2) is 27.9 Å². The quantitative estimate of drug-likeness (QED) is 0.639. The van der Waals surface area contributed by atoms with Crippen LogP contribution in [0, 0.1) is 5.41 Å². The molecule has 1 unspecified atom stereocenters. The molecule has 1 aromatic carbocycles. The van der Waals surface area contributed by atoms with Gasteiger partial charge in [-0.3, -0.25) is 9.59 Å². The Morgan fingerprint density at radius 2 is 1.75 bits per heavy atom. The minimum Gasteiger partial charge on any atom is -0.480 e. The van der Waals surface area contributed by atoms with Crippen molar-refractivity contribution < 1.29 is 24.6 Å². The van der Waals surface area contributed by atoms with Crippen molar-refractivity contribution >= 4 is 17.7 Å². The van der Waals surface area contributed by atoms with Crippen LogP contribution in [-0.2, 0) is 20.8 Å². The van der Waals surface area contributed by atoms with Gasteiger partial charge >= 0.3 is 11.9 Å². The van der Waals surface area contributed by atoms with E-state index in [1.807, 2.05) is 0 Å². The summed E-state index contributed by atoms with van der Waals surface area (Å²) < 4.78 is 0. The molecule has 0 bridgehead atoms. The zero-order valence-electron chi connectivity index (χ0n) is 10.4. The average molecular weight is 272 g/mol. The van der Waals surface area contributed by atoms with Gasteiger partial charge in [-0.25, -0.2) is 4.79 Å². The number of carboxylic acid groups (broad SMARTS) is 2. The maximum Gasteiger partial charge on any atom is 0.339 e. The van der Waals surface area contributed by atoms with Crippen molar-refractivity contribution in [3.05, 3.63) is 59.7 Å². The lowest BCUT2D eigenvalue weighted by molar-refractivity contribution is -0.151.